The molecule has 1 aromatic heterocycles. The van der Waals surface area contributed by atoms with Crippen LogP contribution in [-0.2, 0) is 0 Å². The second-order valence-corrected chi connectivity index (χ2v) is 8.20. The summed E-state index contributed by atoms with van der Waals surface area (Å²) in [6.07, 6.45) is 5.79. The van der Waals surface area contributed by atoms with E-state index >= 15 is 0 Å². The van der Waals surface area contributed by atoms with Crippen molar-refractivity contribution in [1.29, 1.82) is 0 Å². The predicted octanol–water partition coefficient (Wildman–Crippen LogP) is 4.28. The molecular weight excluding hydrogens is 350 g/mol. The summed E-state index contributed by atoms with van der Waals surface area (Å²) in [6, 6.07) is 5.62. The van der Waals surface area contributed by atoms with Crippen molar-refractivity contribution < 1.29 is 9.84 Å². The molecule has 2 N–H and O–H groups in total. The fourth-order valence-electron chi connectivity index (χ4n) is 3.92. The number of nitrogens with one attached hydrogen (secondary N) is 1. The van der Waals surface area contributed by atoms with E-state index in [1.54, 1.807) is 23.9 Å². The topological polar surface area (TPSA) is 79.6 Å². The molecule has 1 aromatic carbocycles. The molecule has 0 unspecified atom stereocenters. The van der Waals surface area contributed by atoms with Crippen LogP contribution < -0.4 is 10.3 Å². The van der Waals surface area contributed by atoms with Crippen LogP contribution in [0.4, 0.5) is 5.82 Å². The van der Waals surface area contributed by atoms with Gasteiger partial charge in [-0.25, -0.2) is 4.99 Å². The quantitative estimate of drug-likeness (QED) is 0.841. The van der Waals surface area contributed by atoms with E-state index in [0.29, 0.717) is 17.4 Å². The number of hydrogen-bond donors (Lipinski definition) is 2. The summed E-state index contributed by atoms with van der Waals surface area (Å²) in [5.41, 5.74) is 1.46. The Balaban J connectivity index is 1.79. The monoisotopic (exact) mass is 373 g/mol. The minimum atomic E-state index is -0.187. The van der Waals surface area contributed by atoms with Crippen molar-refractivity contribution in [3.05, 3.63) is 39.7 Å². The van der Waals surface area contributed by atoms with Gasteiger partial charge in [-0.3, -0.25) is 14.6 Å². The average Bonchev–Trinajstić information content (AvgIpc) is 2.98. The lowest BCUT2D eigenvalue weighted by atomic mass is 9.95. The molecule has 1 saturated carbocycles. The van der Waals surface area contributed by atoms with E-state index in [2.05, 4.69) is 5.10 Å². The Kier molecular flexibility index (Phi) is 4.56. The molecule has 0 bridgehead atoms. The third-order valence-electron chi connectivity index (χ3n) is 5.20. The Morgan fingerprint density at radius 2 is 2.08 bits per heavy atom. The number of phenols is 1. The zero-order valence-electron chi connectivity index (χ0n) is 15.0. The fourth-order valence-corrected chi connectivity index (χ4v) is 5.01. The first-order chi connectivity index (χ1) is 12.6. The molecule has 0 radical (unpaired) electrons. The summed E-state index contributed by atoms with van der Waals surface area (Å²) in [5.74, 6) is 1.25. The van der Waals surface area contributed by atoms with Crippen LogP contribution >= 0.6 is 11.8 Å². The maximum absolute atomic E-state index is 12.8. The minimum Gasteiger partial charge on any atom is -0.504 e. The molecule has 1 aliphatic heterocycles. The molecule has 1 aliphatic carbocycles. The van der Waals surface area contributed by atoms with Gasteiger partial charge in [-0.1, -0.05) is 37.1 Å². The standard InChI is InChI=1S/C19H23N3O3S/c1-11-20-18-16(19(24)21-22(18)13-6-4-3-5-7-13)17(26-11)12-8-9-15(25-2)14(23)10-12/h8-10,13,17,23H,3-7H2,1-2H3,(H,21,24)/t17-/m0/s1. The van der Waals surface area contributed by atoms with E-state index in [-0.39, 0.29) is 16.6 Å². The minimum absolute atomic E-state index is 0.0791. The molecule has 2 heterocycles. The first-order valence-electron chi connectivity index (χ1n) is 9.01. The van der Waals surface area contributed by atoms with Gasteiger partial charge < -0.3 is 9.84 Å². The first kappa shape index (κ1) is 17.3. The maximum Gasteiger partial charge on any atom is 0.271 e. The lowest BCUT2D eigenvalue weighted by Crippen LogP contribution is -2.16. The van der Waals surface area contributed by atoms with Crippen LogP contribution in [0, 0.1) is 0 Å². The van der Waals surface area contributed by atoms with Crippen molar-refractivity contribution in [2.24, 2.45) is 4.99 Å². The number of H-pyrrole nitrogens is 1. The number of rotatable bonds is 3. The number of phenolic OH excluding ortho intramolecular Hbond substituents is 1. The van der Waals surface area contributed by atoms with Gasteiger partial charge in [-0.15, -0.1) is 0 Å². The Bertz CT molecular complexity index is 909. The zero-order valence-corrected chi connectivity index (χ0v) is 15.8. The number of ether oxygens (including phenoxy) is 1. The van der Waals surface area contributed by atoms with E-state index in [4.69, 9.17) is 9.73 Å². The van der Waals surface area contributed by atoms with Crippen LogP contribution in [0.2, 0.25) is 0 Å². The molecule has 138 valence electrons. The van der Waals surface area contributed by atoms with Gasteiger partial charge in [-0.05, 0) is 37.5 Å². The number of aromatic hydroxyl groups is 1. The number of nitrogens with zero attached hydrogens (tertiary/aromatic N) is 2. The van der Waals surface area contributed by atoms with Crippen molar-refractivity contribution >= 4 is 22.6 Å². The van der Waals surface area contributed by atoms with Gasteiger partial charge in [0.2, 0.25) is 0 Å². The van der Waals surface area contributed by atoms with Gasteiger partial charge in [0.1, 0.15) is 0 Å². The summed E-state index contributed by atoms with van der Waals surface area (Å²) in [6.45, 7) is 1.96. The molecule has 4 rings (SSSR count). The van der Waals surface area contributed by atoms with Crippen LogP contribution in [0.5, 0.6) is 11.5 Å². The molecule has 2 aromatic rings. The van der Waals surface area contributed by atoms with Gasteiger partial charge in [0.25, 0.3) is 5.56 Å². The average molecular weight is 373 g/mol. The van der Waals surface area contributed by atoms with Crippen molar-refractivity contribution in [3.63, 3.8) is 0 Å². The molecule has 26 heavy (non-hydrogen) atoms. The van der Waals surface area contributed by atoms with Gasteiger partial charge >= 0.3 is 0 Å². The summed E-state index contributed by atoms with van der Waals surface area (Å²) >= 11 is 1.54. The fraction of sp³-hybridized carbons (Fsp3) is 0.474. The summed E-state index contributed by atoms with van der Waals surface area (Å²) < 4.78 is 7.12. The van der Waals surface area contributed by atoms with Crippen LogP contribution in [0.25, 0.3) is 0 Å². The van der Waals surface area contributed by atoms with Crippen LogP contribution in [-0.4, -0.2) is 27.0 Å². The Morgan fingerprint density at radius 1 is 1.31 bits per heavy atom. The third-order valence-corrected chi connectivity index (χ3v) is 6.37. The number of hydrogen-bond acceptors (Lipinski definition) is 5. The van der Waals surface area contributed by atoms with E-state index < -0.39 is 0 Å². The van der Waals surface area contributed by atoms with Crippen molar-refractivity contribution in [2.75, 3.05) is 7.11 Å². The molecule has 0 spiro atoms. The van der Waals surface area contributed by atoms with Gasteiger partial charge in [0.15, 0.2) is 17.3 Å². The zero-order chi connectivity index (χ0) is 18.3. The SMILES string of the molecule is COc1ccc([C@@H]2SC(C)=Nc3c2c(=O)[nH]n3C2CCCCC2)cc1O. The third kappa shape index (κ3) is 2.94. The molecule has 1 fully saturated rings. The molecule has 7 heteroatoms. The molecule has 1 atom stereocenters. The highest BCUT2D eigenvalue weighted by atomic mass is 32.2. The second kappa shape index (κ2) is 6.87. The maximum atomic E-state index is 12.8. The highest BCUT2D eigenvalue weighted by Gasteiger charge is 2.32. The molecule has 0 amide bonds. The normalized spacial score (nSPS) is 20.5. The van der Waals surface area contributed by atoms with Crippen molar-refractivity contribution in [3.8, 4) is 11.5 Å². The molecular formula is C19H23N3O3S. The van der Waals surface area contributed by atoms with Crippen LogP contribution in [0.3, 0.4) is 0 Å². The van der Waals surface area contributed by atoms with Crippen molar-refractivity contribution in [1.82, 2.24) is 9.78 Å². The van der Waals surface area contributed by atoms with Crippen molar-refractivity contribution in [2.45, 2.75) is 50.3 Å². The lowest BCUT2D eigenvalue weighted by Gasteiger charge is -2.26. The summed E-state index contributed by atoms with van der Waals surface area (Å²) in [4.78, 5) is 17.5. The number of benzene rings is 1. The van der Waals surface area contributed by atoms with Crippen LogP contribution in [0.15, 0.2) is 28.0 Å². The smallest absolute Gasteiger partial charge is 0.271 e. The Morgan fingerprint density at radius 3 is 2.77 bits per heavy atom. The van der Waals surface area contributed by atoms with E-state index in [1.165, 1.54) is 26.4 Å². The summed E-state index contributed by atoms with van der Waals surface area (Å²) in [5, 5.41) is 13.9. The highest BCUT2D eigenvalue weighted by molar-refractivity contribution is 8.14. The number of aromatic nitrogens is 2. The highest BCUT2D eigenvalue weighted by Crippen LogP contribution is 2.46. The number of fused-ring (bicyclic) bond motifs is 1. The number of methoxy groups -OCH3 is 1. The van der Waals surface area contributed by atoms with E-state index in [0.717, 1.165) is 29.3 Å². The van der Waals surface area contributed by atoms with E-state index in [9.17, 15) is 9.90 Å². The molecule has 6 nitrogen and oxygen atoms in total. The lowest BCUT2D eigenvalue weighted by molar-refractivity contribution is 0.331. The first-order valence-corrected chi connectivity index (χ1v) is 9.89. The number of thioether (sulfide) groups is 1. The molecule has 0 saturated heterocycles. The van der Waals surface area contributed by atoms with Gasteiger partial charge in [0.05, 0.1) is 29.0 Å². The Hall–Kier alpha value is -2.15. The predicted molar refractivity (Wildman–Crippen MR) is 104 cm³/mol. The van der Waals surface area contributed by atoms with Crippen LogP contribution in [0.1, 0.15) is 61.4 Å². The largest absolute Gasteiger partial charge is 0.504 e. The molecule has 2 aliphatic rings. The number of aromatic amines is 1. The van der Waals surface area contributed by atoms with E-state index in [1.807, 2.05) is 17.7 Å². The van der Waals surface area contributed by atoms with Gasteiger partial charge in [0, 0.05) is 0 Å². The Labute approximate surface area is 156 Å². The van der Waals surface area contributed by atoms with Gasteiger partial charge in [-0.2, -0.15) is 0 Å². The second-order valence-electron chi connectivity index (χ2n) is 6.90. The number of aliphatic imine (C=N–C) groups is 1. The summed E-state index contributed by atoms with van der Waals surface area (Å²) in [7, 11) is 1.52.